The molecule has 5 aromatic rings. The number of aromatic nitrogens is 1. The van der Waals surface area contributed by atoms with Gasteiger partial charge in [-0.05, 0) is 90.7 Å². The van der Waals surface area contributed by atoms with Crippen molar-refractivity contribution in [1.82, 2.24) is 10.3 Å². The van der Waals surface area contributed by atoms with Gasteiger partial charge in [-0.25, -0.2) is 9.37 Å². The predicted octanol–water partition coefficient (Wildman–Crippen LogP) is 8.60. The molecule has 4 aromatic carbocycles. The summed E-state index contributed by atoms with van der Waals surface area (Å²) >= 11 is 2.66. The standard InChI is InChI=1S/C37H33FN4O3S2/c1-23(2)26-11-9-25(10-12-26)21-32(40-35(44)28-7-5-4-6-8-28)36(45)39-30-17-19-31(20-18-30)47-24(3)34(43)42-37-41-33(22-46-37)27-13-15-29(38)16-14-27/h4-24H,1-3H3,(H,39,45)(H,40,44)(H,41,42,43)/b32-21-. The maximum absolute atomic E-state index is 13.4. The van der Waals surface area contributed by atoms with E-state index in [0.717, 1.165) is 16.0 Å². The molecule has 0 aliphatic rings. The summed E-state index contributed by atoms with van der Waals surface area (Å²) in [7, 11) is 0. The maximum atomic E-state index is 13.4. The van der Waals surface area contributed by atoms with Gasteiger partial charge in [0.1, 0.15) is 11.5 Å². The van der Waals surface area contributed by atoms with Gasteiger partial charge in [0, 0.05) is 27.1 Å². The Morgan fingerprint density at radius 2 is 1.51 bits per heavy atom. The third-order valence-corrected chi connectivity index (χ3v) is 8.98. The van der Waals surface area contributed by atoms with E-state index in [4.69, 9.17) is 0 Å². The van der Waals surface area contributed by atoms with Crippen molar-refractivity contribution in [3.05, 3.63) is 137 Å². The van der Waals surface area contributed by atoms with Crippen molar-refractivity contribution < 1.29 is 18.8 Å². The lowest BCUT2D eigenvalue weighted by atomic mass is 10.0. The third-order valence-electron chi connectivity index (χ3n) is 7.11. The van der Waals surface area contributed by atoms with Crippen LogP contribution < -0.4 is 16.0 Å². The number of thioether (sulfide) groups is 1. The second kappa shape index (κ2) is 15.5. The van der Waals surface area contributed by atoms with Crippen LogP contribution in [0.25, 0.3) is 17.3 Å². The van der Waals surface area contributed by atoms with Crippen molar-refractivity contribution >= 4 is 57.7 Å². The molecule has 0 saturated carbocycles. The number of hydrogen-bond donors (Lipinski definition) is 3. The van der Waals surface area contributed by atoms with E-state index in [9.17, 15) is 18.8 Å². The van der Waals surface area contributed by atoms with Crippen molar-refractivity contribution in [2.75, 3.05) is 10.6 Å². The lowest BCUT2D eigenvalue weighted by Gasteiger charge is -2.13. The van der Waals surface area contributed by atoms with Crippen LogP contribution in [0, 0.1) is 5.82 Å². The molecule has 0 bridgehead atoms. The summed E-state index contributed by atoms with van der Waals surface area (Å²) in [5.41, 5.74) is 4.43. The molecule has 1 heterocycles. The lowest BCUT2D eigenvalue weighted by molar-refractivity contribution is -0.115. The van der Waals surface area contributed by atoms with Crippen molar-refractivity contribution in [2.45, 2.75) is 36.8 Å². The first-order valence-electron chi connectivity index (χ1n) is 14.9. The molecule has 0 radical (unpaired) electrons. The fraction of sp³-hybridized carbons (Fsp3) is 0.135. The Labute approximate surface area is 281 Å². The molecule has 0 aliphatic carbocycles. The number of halogens is 1. The Morgan fingerprint density at radius 1 is 0.830 bits per heavy atom. The van der Waals surface area contributed by atoms with E-state index >= 15 is 0 Å². The summed E-state index contributed by atoms with van der Waals surface area (Å²) in [4.78, 5) is 44.5. The molecule has 3 amide bonds. The van der Waals surface area contributed by atoms with Gasteiger partial charge < -0.3 is 16.0 Å². The molecule has 1 unspecified atom stereocenters. The fourth-order valence-corrected chi connectivity index (χ4v) is 6.04. The first-order valence-corrected chi connectivity index (χ1v) is 16.7. The molecule has 3 N–H and O–H groups in total. The molecule has 0 spiro atoms. The van der Waals surface area contributed by atoms with E-state index in [-0.39, 0.29) is 17.4 Å². The van der Waals surface area contributed by atoms with E-state index < -0.39 is 17.1 Å². The number of carbonyl (C=O) groups excluding carboxylic acids is 3. The number of nitrogens with zero attached hydrogens (tertiary/aromatic N) is 1. The van der Waals surface area contributed by atoms with Gasteiger partial charge in [0.15, 0.2) is 5.13 Å². The summed E-state index contributed by atoms with van der Waals surface area (Å²) in [5, 5.41) is 10.3. The van der Waals surface area contributed by atoms with Crippen molar-refractivity contribution in [2.24, 2.45) is 0 Å². The third kappa shape index (κ3) is 9.25. The topological polar surface area (TPSA) is 100 Å². The zero-order chi connectivity index (χ0) is 33.3. The van der Waals surface area contributed by atoms with E-state index in [2.05, 4.69) is 34.8 Å². The highest BCUT2D eigenvalue weighted by Gasteiger charge is 2.18. The molecule has 1 atom stereocenters. The number of anilines is 2. The number of thiazole rings is 1. The zero-order valence-corrected chi connectivity index (χ0v) is 27.6. The lowest BCUT2D eigenvalue weighted by Crippen LogP contribution is -2.30. The molecule has 0 fully saturated rings. The molecule has 5 rings (SSSR count). The second-order valence-corrected chi connectivity index (χ2v) is 13.2. The van der Waals surface area contributed by atoms with Gasteiger partial charge >= 0.3 is 0 Å². The minimum atomic E-state index is -0.473. The molecule has 1 aromatic heterocycles. The molecule has 47 heavy (non-hydrogen) atoms. The summed E-state index contributed by atoms with van der Waals surface area (Å²) in [6.07, 6.45) is 1.65. The maximum Gasteiger partial charge on any atom is 0.272 e. The van der Waals surface area contributed by atoms with Crippen LogP contribution in [0.3, 0.4) is 0 Å². The summed E-state index contributed by atoms with van der Waals surface area (Å²) in [6, 6.07) is 29.7. The molecular weight excluding hydrogens is 632 g/mol. The Balaban J connectivity index is 1.22. The van der Waals surface area contributed by atoms with Gasteiger partial charge in [0.25, 0.3) is 11.8 Å². The molecular formula is C37H33FN4O3S2. The largest absolute Gasteiger partial charge is 0.321 e. The SMILES string of the molecule is CC(Sc1ccc(NC(=O)/C(=C/c2ccc(C(C)C)cc2)NC(=O)c2ccccc2)cc1)C(=O)Nc1nc(-c2ccc(F)cc2)cs1. The minimum Gasteiger partial charge on any atom is -0.321 e. The van der Waals surface area contributed by atoms with Gasteiger partial charge in [-0.1, -0.05) is 56.3 Å². The normalized spacial score (nSPS) is 12.0. The van der Waals surface area contributed by atoms with Gasteiger partial charge in [0.2, 0.25) is 5.91 Å². The average Bonchev–Trinajstić information content (AvgIpc) is 3.54. The van der Waals surface area contributed by atoms with Gasteiger partial charge in [-0.15, -0.1) is 23.1 Å². The number of benzene rings is 4. The number of nitrogens with one attached hydrogen (secondary N) is 3. The number of carbonyl (C=O) groups is 3. The zero-order valence-electron chi connectivity index (χ0n) is 26.0. The summed E-state index contributed by atoms with van der Waals surface area (Å²) < 4.78 is 13.2. The average molecular weight is 665 g/mol. The predicted molar refractivity (Wildman–Crippen MR) is 189 cm³/mol. The Morgan fingerprint density at radius 3 is 2.17 bits per heavy atom. The Hall–Kier alpha value is -5.06. The Kier molecular flexibility index (Phi) is 11.0. The van der Waals surface area contributed by atoms with Crippen molar-refractivity contribution in [3.63, 3.8) is 0 Å². The first kappa shape index (κ1) is 33.3. The van der Waals surface area contributed by atoms with E-state index in [0.29, 0.717) is 28.0 Å². The van der Waals surface area contributed by atoms with E-state index in [1.165, 1.54) is 40.8 Å². The molecule has 238 valence electrons. The summed E-state index contributed by atoms with van der Waals surface area (Å²) in [5.74, 6) is -1.03. The van der Waals surface area contributed by atoms with Gasteiger partial charge in [0.05, 0.1) is 10.9 Å². The number of amides is 3. The van der Waals surface area contributed by atoms with Crippen LogP contribution >= 0.6 is 23.1 Å². The molecule has 0 aliphatic heterocycles. The van der Waals surface area contributed by atoms with Crippen LogP contribution in [0.2, 0.25) is 0 Å². The van der Waals surface area contributed by atoms with Crippen molar-refractivity contribution in [1.29, 1.82) is 0 Å². The first-order chi connectivity index (χ1) is 22.6. The molecule has 10 heteroatoms. The molecule has 7 nitrogen and oxygen atoms in total. The van der Waals surface area contributed by atoms with E-state index in [1.807, 2.05) is 47.8 Å². The van der Waals surface area contributed by atoms with E-state index in [1.54, 1.807) is 61.5 Å². The van der Waals surface area contributed by atoms with Crippen molar-refractivity contribution in [3.8, 4) is 11.3 Å². The molecule has 0 saturated heterocycles. The van der Waals surface area contributed by atoms with Crippen LogP contribution in [0.15, 0.2) is 119 Å². The highest BCUT2D eigenvalue weighted by atomic mass is 32.2. The van der Waals surface area contributed by atoms with Crippen LogP contribution in [0.4, 0.5) is 15.2 Å². The summed E-state index contributed by atoms with van der Waals surface area (Å²) in [6.45, 7) is 6.02. The van der Waals surface area contributed by atoms with Gasteiger partial charge in [-0.2, -0.15) is 0 Å². The van der Waals surface area contributed by atoms with Crippen LogP contribution in [-0.2, 0) is 9.59 Å². The quantitative estimate of drug-likeness (QED) is 0.0970. The van der Waals surface area contributed by atoms with Crippen LogP contribution in [0.1, 0.15) is 48.2 Å². The monoisotopic (exact) mass is 664 g/mol. The highest BCUT2D eigenvalue weighted by Crippen LogP contribution is 2.28. The Bertz CT molecular complexity index is 1870. The van der Waals surface area contributed by atoms with Crippen LogP contribution in [-0.4, -0.2) is 28.0 Å². The number of rotatable bonds is 11. The van der Waals surface area contributed by atoms with Crippen LogP contribution in [0.5, 0.6) is 0 Å². The fourth-order valence-electron chi connectivity index (χ4n) is 4.45. The van der Waals surface area contributed by atoms with Gasteiger partial charge in [-0.3, -0.25) is 14.4 Å². The second-order valence-electron chi connectivity index (χ2n) is 11.0. The smallest absolute Gasteiger partial charge is 0.272 e. The highest BCUT2D eigenvalue weighted by molar-refractivity contribution is 8.00. The minimum absolute atomic E-state index is 0.102. The number of hydrogen-bond acceptors (Lipinski definition) is 6.